The predicted molar refractivity (Wildman–Crippen MR) is 69.6 cm³/mol. The molecule has 17 heavy (non-hydrogen) atoms. The average Bonchev–Trinajstić information content (AvgIpc) is 2.35. The SMILES string of the molecule is CCNCC(C)C(=O)c1cccc(OCC)c1. The van der Waals surface area contributed by atoms with Crippen LogP contribution in [0.5, 0.6) is 5.75 Å². The highest BCUT2D eigenvalue weighted by molar-refractivity contribution is 5.98. The molecule has 1 aromatic rings. The molecule has 0 radical (unpaired) electrons. The largest absolute Gasteiger partial charge is 0.494 e. The van der Waals surface area contributed by atoms with Crippen LogP contribution in [0, 0.1) is 5.92 Å². The first-order chi connectivity index (χ1) is 8.19. The van der Waals surface area contributed by atoms with E-state index in [1.165, 1.54) is 0 Å². The number of carbonyl (C=O) groups excluding carboxylic acids is 1. The van der Waals surface area contributed by atoms with Crippen molar-refractivity contribution in [1.82, 2.24) is 5.32 Å². The Labute approximate surface area is 103 Å². The monoisotopic (exact) mass is 235 g/mol. The Hall–Kier alpha value is -1.35. The Kier molecular flexibility index (Phi) is 5.70. The number of nitrogens with one attached hydrogen (secondary N) is 1. The topological polar surface area (TPSA) is 38.3 Å². The molecule has 0 amide bonds. The Morgan fingerprint density at radius 3 is 2.82 bits per heavy atom. The zero-order chi connectivity index (χ0) is 12.7. The molecule has 1 atom stereocenters. The Morgan fingerprint density at radius 2 is 2.18 bits per heavy atom. The van der Waals surface area contributed by atoms with Gasteiger partial charge in [0, 0.05) is 18.0 Å². The fourth-order valence-corrected chi connectivity index (χ4v) is 1.64. The first-order valence-electron chi connectivity index (χ1n) is 6.16. The zero-order valence-corrected chi connectivity index (χ0v) is 10.8. The molecule has 94 valence electrons. The fourth-order valence-electron chi connectivity index (χ4n) is 1.64. The molecule has 1 N–H and O–H groups in total. The Balaban J connectivity index is 2.70. The van der Waals surface area contributed by atoms with Crippen molar-refractivity contribution in [3.05, 3.63) is 29.8 Å². The maximum atomic E-state index is 12.1. The number of rotatable bonds is 7. The number of ketones is 1. The van der Waals surface area contributed by atoms with Gasteiger partial charge in [-0.05, 0) is 25.6 Å². The van der Waals surface area contributed by atoms with Crippen LogP contribution in [-0.2, 0) is 0 Å². The molecule has 0 aliphatic heterocycles. The van der Waals surface area contributed by atoms with Crippen LogP contribution in [0.3, 0.4) is 0 Å². The minimum absolute atomic E-state index is 0.00757. The molecule has 0 aliphatic carbocycles. The minimum atomic E-state index is -0.00757. The molecule has 1 aromatic carbocycles. The highest BCUT2D eigenvalue weighted by Crippen LogP contribution is 2.16. The van der Waals surface area contributed by atoms with Gasteiger partial charge in [-0.15, -0.1) is 0 Å². The van der Waals surface area contributed by atoms with Gasteiger partial charge in [-0.2, -0.15) is 0 Å². The lowest BCUT2D eigenvalue weighted by atomic mass is 9.99. The molecule has 0 aromatic heterocycles. The van der Waals surface area contributed by atoms with E-state index in [1.54, 1.807) is 0 Å². The normalized spacial score (nSPS) is 12.2. The van der Waals surface area contributed by atoms with Gasteiger partial charge in [0.1, 0.15) is 5.75 Å². The summed E-state index contributed by atoms with van der Waals surface area (Å²) in [6.45, 7) is 8.13. The second kappa shape index (κ2) is 7.07. The van der Waals surface area contributed by atoms with Gasteiger partial charge in [0.2, 0.25) is 0 Å². The summed E-state index contributed by atoms with van der Waals surface area (Å²) >= 11 is 0. The third kappa shape index (κ3) is 4.19. The number of hydrogen-bond donors (Lipinski definition) is 1. The van der Waals surface area contributed by atoms with E-state index < -0.39 is 0 Å². The van der Waals surface area contributed by atoms with Gasteiger partial charge in [0.05, 0.1) is 6.61 Å². The molecule has 0 spiro atoms. The maximum Gasteiger partial charge on any atom is 0.167 e. The molecule has 0 fully saturated rings. The molecule has 0 heterocycles. The first-order valence-corrected chi connectivity index (χ1v) is 6.16. The van der Waals surface area contributed by atoms with E-state index in [4.69, 9.17) is 4.74 Å². The van der Waals surface area contributed by atoms with E-state index in [2.05, 4.69) is 5.32 Å². The van der Waals surface area contributed by atoms with Crippen LogP contribution in [0.1, 0.15) is 31.1 Å². The standard InChI is InChI=1S/C14H21NO2/c1-4-15-10-11(3)14(16)12-7-6-8-13(9-12)17-5-2/h6-9,11,15H,4-5,10H2,1-3H3. The van der Waals surface area contributed by atoms with Crippen LogP contribution >= 0.6 is 0 Å². The lowest BCUT2D eigenvalue weighted by Gasteiger charge is -2.11. The van der Waals surface area contributed by atoms with E-state index in [0.717, 1.165) is 17.9 Å². The van der Waals surface area contributed by atoms with Crippen molar-refractivity contribution >= 4 is 5.78 Å². The van der Waals surface area contributed by atoms with Gasteiger partial charge >= 0.3 is 0 Å². The van der Waals surface area contributed by atoms with Crippen molar-refractivity contribution in [2.75, 3.05) is 19.7 Å². The quantitative estimate of drug-likeness (QED) is 0.738. The maximum absolute atomic E-state index is 12.1. The molecule has 3 heteroatoms. The summed E-state index contributed by atoms with van der Waals surface area (Å²) in [5.74, 6) is 0.910. The molecule has 0 saturated heterocycles. The lowest BCUT2D eigenvalue weighted by Crippen LogP contribution is -2.26. The van der Waals surface area contributed by atoms with Gasteiger partial charge in [-0.25, -0.2) is 0 Å². The molecule has 0 bridgehead atoms. The highest BCUT2D eigenvalue weighted by atomic mass is 16.5. The number of benzene rings is 1. The highest BCUT2D eigenvalue weighted by Gasteiger charge is 2.14. The predicted octanol–water partition coefficient (Wildman–Crippen LogP) is 2.51. The summed E-state index contributed by atoms with van der Waals surface area (Å²) in [5, 5.41) is 3.19. The third-order valence-electron chi connectivity index (χ3n) is 2.58. The van der Waals surface area contributed by atoms with E-state index >= 15 is 0 Å². The van der Waals surface area contributed by atoms with E-state index in [1.807, 2.05) is 45.0 Å². The van der Waals surface area contributed by atoms with Gasteiger partial charge in [0.15, 0.2) is 5.78 Å². The summed E-state index contributed by atoms with van der Waals surface area (Å²) in [4.78, 5) is 12.1. The number of Topliss-reactive ketones (excluding diaryl/α,β-unsaturated/α-hetero) is 1. The lowest BCUT2D eigenvalue weighted by molar-refractivity contribution is 0.0929. The Bertz CT molecular complexity index is 363. The molecule has 0 aliphatic rings. The molecule has 1 rings (SSSR count). The zero-order valence-electron chi connectivity index (χ0n) is 10.8. The summed E-state index contributed by atoms with van der Waals surface area (Å²) in [6.07, 6.45) is 0. The smallest absolute Gasteiger partial charge is 0.167 e. The van der Waals surface area contributed by atoms with E-state index in [0.29, 0.717) is 13.2 Å². The van der Waals surface area contributed by atoms with Crippen molar-refractivity contribution in [2.24, 2.45) is 5.92 Å². The van der Waals surface area contributed by atoms with Crippen LogP contribution in [-0.4, -0.2) is 25.5 Å². The molecule has 1 unspecified atom stereocenters. The van der Waals surface area contributed by atoms with Crippen LogP contribution in [0.4, 0.5) is 0 Å². The van der Waals surface area contributed by atoms with Crippen molar-refractivity contribution in [1.29, 1.82) is 0 Å². The molecular weight excluding hydrogens is 214 g/mol. The number of ether oxygens (including phenoxy) is 1. The van der Waals surface area contributed by atoms with Gasteiger partial charge in [-0.3, -0.25) is 4.79 Å². The van der Waals surface area contributed by atoms with Crippen molar-refractivity contribution in [3.8, 4) is 5.75 Å². The molecular formula is C14H21NO2. The Morgan fingerprint density at radius 1 is 1.41 bits per heavy atom. The van der Waals surface area contributed by atoms with E-state index in [-0.39, 0.29) is 11.7 Å². The van der Waals surface area contributed by atoms with Crippen molar-refractivity contribution < 1.29 is 9.53 Å². The van der Waals surface area contributed by atoms with Crippen molar-refractivity contribution in [2.45, 2.75) is 20.8 Å². The number of carbonyl (C=O) groups is 1. The summed E-state index contributed by atoms with van der Waals surface area (Å²) in [6, 6.07) is 7.38. The van der Waals surface area contributed by atoms with E-state index in [9.17, 15) is 4.79 Å². The minimum Gasteiger partial charge on any atom is -0.494 e. The fraction of sp³-hybridized carbons (Fsp3) is 0.500. The van der Waals surface area contributed by atoms with Gasteiger partial charge in [0.25, 0.3) is 0 Å². The first kappa shape index (κ1) is 13.7. The third-order valence-corrected chi connectivity index (χ3v) is 2.58. The van der Waals surface area contributed by atoms with Crippen LogP contribution in [0.15, 0.2) is 24.3 Å². The molecule has 3 nitrogen and oxygen atoms in total. The second-order valence-electron chi connectivity index (χ2n) is 4.03. The summed E-state index contributed by atoms with van der Waals surface area (Å²) in [7, 11) is 0. The summed E-state index contributed by atoms with van der Waals surface area (Å²) < 4.78 is 5.39. The number of hydrogen-bond acceptors (Lipinski definition) is 3. The average molecular weight is 235 g/mol. The van der Waals surface area contributed by atoms with Crippen LogP contribution < -0.4 is 10.1 Å². The summed E-state index contributed by atoms with van der Waals surface area (Å²) in [5.41, 5.74) is 0.723. The van der Waals surface area contributed by atoms with Crippen LogP contribution in [0.25, 0.3) is 0 Å². The van der Waals surface area contributed by atoms with Gasteiger partial charge in [-0.1, -0.05) is 26.0 Å². The second-order valence-corrected chi connectivity index (χ2v) is 4.03. The van der Waals surface area contributed by atoms with Gasteiger partial charge < -0.3 is 10.1 Å². The molecule has 0 saturated carbocycles. The van der Waals surface area contributed by atoms with Crippen molar-refractivity contribution in [3.63, 3.8) is 0 Å². The van der Waals surface area contributed by atoms with Crippen LogP contribution in [0.2, 0.25) is 0 Å².